The van der Waals surface area contributed by atoms with E-state index in [9.17, 15) is 14.4 Å². The summed E-state index contributed by atoms with van der Waals surface area (Å²) < 4.78 is 0. The molecule has 0 saturated carbocycles. The van der Waals surface area contributed by atoms with Crippen molar-refractivity contribution in [3.05, 3.63) is 33.2 Å². The number of pyridine rings is 1. The van der Waals surface area contributed by atoms with E-state index >= 15 is 0 Å². The van der Waals surface area contributed by atoms with E-state index in [1.807, 2.05) is 18.9 Å². The number of likely N-dealkylation sites (N-methyl/N-ethyl adjacent to an activating group) is 1. The molecule has 0 bridgehead atoms. The van der Waals surface area contributed by atoms with Crippen LogP contribution in [0.5, 0.6) is 0 Å². The van der Waals surface area contributed by atoms with Gasteiger partial charge in [-0.05, 0) is 32.5 Å². The molecule has 1 aliphatic heterocycles. The number of aromatic amines is 1. The summed E-state index contributed by atoms with van der Waals surface area (Å²) in [5.74, 6) is -1.21. The van der Waals surface area contributed by atoms with Crippen molar-refractivity contribution in [1.29, 1.82) is 0 Å². The van der Waals surface area contributed by atoms with E-state index in [2.05, 4.69) is 4.98 Å². The van der Waals surface area contributed by atoms with Gasteiger partial charge in [-0.3, -0.25) is 14.4 Å². The van der Waals surface area contributed by atoms with Gasteiger partial charge in [0.25, 0.3) is 11.5 Å². The number of amides is 2. The highest BCUT2D eigenvalue weighted by atomic mass is 16.2. The molecular formula is C15H22N4O3. The van der Waals surface area contributed by atoms with Crippen LogP contribution < -0.4 is 11.3 Å². The van der Waals surface area contributed by atoms with E-state index < -0.39 is 17.4 Å². The molecule has 22 heavy (non-hydrogen) atoms. The van der Waals surface area contributed by atoms with Crippen molar-refractivity contribution in [1.82, 2.24) is 14.8 Å². The maximum absolute atomic E-state index is 12.6. The van der Waals surface area contributed by atoms with E-state index in [4.69, 9.17) is 5.73 Å². The Bertz CT molecular complexity index is 653. The SMILES string of the molecule is Cc1cc(C(=O)N2CCN(C)C[C@@H](C(N)=O)C2)c(=O)[nH]c1C. The Morgan fingerprint density at radius 3 is 2.59 bits per heavy atom. The van der Waals surface area contributed by atoms with E-state index in [1.165, 1.54) is 4.90 Å². The highest BCUT2D eigenvalue weighted by Gasteiger charge is 2.29. The molecule has 1 aromatic heterocycles. The molecule has 3 N–H and O–H groups in total. The minimum Gasteiger partial charge on any atom is -0.369 e. The lowest BCUT2D eigenvalue weighted by atomic mass is 10.1. The van der Waals surface area contributed by atoms with Crippen molar-refractivity contribution in [2.75, 3.05) is 33.2 Å². The molecule has 0 aromatic carbocycles. The van der Waals surface area contributed by atoms with E-state index in [0.29, 0.717) is 19.6 Å². The van der Waals surface area contributed by atoms with Gasteiger partial charge in [0.2, 0.25) is 5.91 Å². The highest BCUT2D eigenvalue weighted by molar-refractivity contribution is 5.94. The van der Waals surface area contributed by atoms with Gasteiger partial charge >= 0.3 is 0 Å². The summed E-state index contributed by atoms with van der Waals surface area (Å²) in [7, 11) is 1.88. The third kappa shape index (κ3) is 3.36. The summed E-state index contributed by atoms with van der Waals surface area (Å²) in [4.78, 5) is 42.4. The largest absolute Gasteiger partial charge is 0.369 e. The third-order valence-electron chi connectivity index (χ3n) is 4.14. The van der Waals surface area contributed by atoms with Crippen LogP contribution in [0.1, 0.15) is 21.6 Å². The molecule has 2 heterocycles. The lowest BCUT2D eigenvalue weighted by molar-refractivity contribution is -0.122. The van der Waals surface area contributed by atoms with Crippen molar-refractivity contribution < 1.29 is 9.59 Å². The van der Waals surface area contributed by atoms with Crippen molar-refractivity contribution in [2.24, 2.45) is 11.7 Å². The smallest absolute Gasteiger partial charge is 0.261 e. The number of aromatic nitrogens is 1. The second-order valence-corrected chi connectivity index (χ2v) is 5.93. The first-order chi connectivity index (χ1) is 10.3. The van der Waals surface area contributed by atoms with Gasteiger partial charge < -0.3 is 20.5 Å². The number of carbonyl (C=O) groups excluding carboxylic acids is 2. The molecule has 2 amide bonds. The van der Waals surface area contributed by atoms with Crippen LogP contribution in [0.25, 0.3) is 0 Å². The average molecular weight is 306 g/mol. The number of carbonyl (C=O) groups is 2. The number of nitrogens with zero attached hydrogens (tertiary/aromatic N) is 2. The Morgan fingerprint density at radius 1 is 1.27 bits per heavy atom. The maximum Gasteiger partial charge on any atom is 0.261 e. The molecule has 0 aliphatic carbocycles. The van der Waals surface area contributed by atoms with Crippen LogP contribution >= 0.6 is 0 Å². The fraction of sp³-hybridized carbons (Fsp3) is 0.533. The monoisotopic (exact) mass is 306 g/mol. The molecule has 0 radical (unpaired) electrons. The highest BCUT2D eigenvalue weighted by Crippen LogP contribution is 2.12. The Labute approximate surface area is 129 Å². The number of hydrogen-bond donors (Lipinski definition) is 2. The van der Waals surface area contributed by atoms with Gasteiger partial charge in [-0.1, -0.05) is 0 Å². The number of H-pyrrole nitrogens is 1. The standard InChI is InChI=1S/C15H22N4O3/c1-9-6-12(14(21)17-10(9)2)15(22)19-5-4-18(3)7-11(8-19)13(16)20/h6,11H,4-5,7-8H2,1-3H3,(H2,16,20)(H,17,21)/t11-/m1/s1. The molecule has 1 saturated heterocycles. The summed E-state index contributed by atoms with van der Waals surface area (Å²) in [6.07, 6.45) is 0. The van der Waals surface area contributed by atoms with Crippen LogP contribution in [0, 0.1) is 19.8 Å². The molecule has 1 atom stereocenters. The molecule has 0 spiro atoms. The lowest BCUT2D eigenvalue weighted by Gasteiger charge is -2.22. The Kier molecular flexibility index (Phi) is 4.65. The first-order valence-corrected chi connectivity index (χ1v) is 7.27. The zero-order chi connectivity index (χ0) is 16.4. The van der Waals surface area contributed by atoms with Crippen molar-refractivity contribution in [3.8, 4) is 0 Å². The fourth-order valence-electron chi connectivity index (χ4n) is 2.59. The van der Waals surface area contributed by atoms with Gasteiger partial charge in [0.1, 0.15) is 5.56 Å². The Morgan fingerprint density at radius 2 is 1.95 bits per heavy atom. The molecule has 1 fully saturated rings. The molecule has 2 rings (SSSR count). The van der Waals surface area contributed by atoms with Crippen molar-refractivity contribution >= 4 is 11.8 Å². The first-order valence-electron chi connectivity index (χ1n) is 7.27. The van der Waals surface area contributed by atoms with Gasteiger partial charge in [0.05, 0.1) is 5.92 Å². The lowest BCUT2D eigenvalue weighted by Crippen LogP contribution is -2.41. The minimum absolute atomic E-state index is 0.107. The molecule has 1 aliphatic rings. The zero-order valence-corrected chi connectivity index (χ0v) is 13.2. The summed E-state index contributed by atoms with van der Waals surface area (Å²) in [6, 6.07) is 1.60. The van der Waals surface area contributed by atoms with Crippen LogP contribution in [-0.2, 0) is 4.79 Å². The van der Waals surface area contributed by atoms with Crippen LogP contribution in [0.3, 0.4) is 0 Å². The average Bonchev–Trinajstić information content (AvgIpc) is 2.64. The number of aryl methyl sites for hydroxylation is 2. The molecule has 1 aromatic rings. The van der Waals surface area contributed by atoms with Crippen LogP contribution in [-0.4, -0.2) is 59.8 Å². The summed E-state index contributed by atoms with van der Waals surface area (Å²) >= 11 is 0. The van der Waals surface area contributed by atoms with Crippen LogP contribution in [0.4, 0.5) is 0 Å². The molecule has 7 nitrogen and oxygen atoms in total. The predicted octanol–water partition coefficient (Wildman–Crippen LogP) is -0.519. The third-order valence-corrected chi connectivity index (χ3v) is 4.14. The van der Waals surface area contributed by atoms with Gasteiger partial charge in [-0.25, -0.2) is 0 Å². The van der Waals surface area contributed by atoms with Crippen molar-refractivity contribution in [2.45, 2.75) is 13.8 Å². The summed E-state index contributed by atoms with van der Waals surface area (Å²) in [5.41, 5.74) is 6.70. The van der Waals surface area contributed by atoms with Crippen LogP contribution in [0.2, 0.25) is 0 Å². The normalized spacial score (nSPS) is 19.8. The molecule has 120 valence electrons. The van der Waals surface area contributed by atoms with E-state index in [-0.39, 0.29) is 18.0 Å². The van der Waals surface area contributed by atoms with Gasteiger partial charge in [0, 0.05) is 31.9 Å². The maximum atomic E-state index is 12.6. The number of nitrogens with one attached hydrogen (secondary N) is 1. The van der Waals surface area contributed by atoms with Crippen LogP contribution in [0.15, 0.2) is 10.9 Å². The molecule has 0 unspecified atom stereocenters. The van der Waals surface area contributed by atoms with Gasteiger partial charge in [0.15, 0.2) is 0 Å². The molecular weight excluding hydrogens is 284 g/mol. The van der Waals surface area contributed by atoms with Gasteiger partial charge in [-0.2, -0.15) is 0 Å². The topological polar surface area (TPSA) is 99.5 Å². The Balaban J connectivity index is 2.30. The predicted molar refractivity (Wildman–Crippen MR) is 82.6 cm³/mol. The summed E-state index contributed by atoms with van der Waals surface area (Å²) in [6.45, 7) is 5.48. The number of hydrogen-bond acceptors (Lipinski definition) is 4. The van der Waals surface area contributed by atoms with E-state index in [1.54, 1.807) is 13.0 Å². The molecule has 7 heteroatoms. The Hall–Kier alpha value is -2.15. The minimum atomic E-state index is -0.430. The van der Waals surface area contributed by atoms with Crippen molar-refractivity contribution in [3.63, 3.8) is 0 Å². The quantitative estimate of drug-likeness (QED) is 0.768. The fourth-order valence-corrected chi connectivity index (χ4v) is 2.59. The van der Waals surface area contributed by atoms with E-state index in [0.717, 1.165) is 11.3 Å². The number of primary amides is 1. The van der Waals surface area contributed by atoms with Gasteiger partial charge in [-0.15, -0.1) is 0 Å². The zero-order valence-electron chi connectivity index (χ0n) is 13.2. The first kappa shape index (κ1) is 16.2. The second-order valence-electron chi connectivity index (χ2n) is 5.93. The number of rotatable bonds is 2. The second kappa shape index (κ2) is 6.31. The summed E-state index contributed by atoms with van der Waals surface area (Å²) in [5, 5.41) is 0. The number of nitrogens with two attached hydrogens (primary N) is 1.